The third-order valence-electron chi connectivity index (χ3n) is 2.69. The number of aryl methyl sites for hydroxylation is 2. The van der Waals surface area contributed by atoms with Gasteiger partial charge < -0.3 is 10.1 Å². The van der Waals surface area contributed by atoms with Crippen molar-refractivity contribution in [2.24, 2.45) is 0 Å². The molecule has 0 fully saturated rings. The van der Waals surface area contributed by atoms with Gasteiger partial charge >= 0.3 is 0 Å². The van der Waals surface area contributed by atoms with Crippen molar-refractivity contribution >= 4 is 17.4 Å². The summed E-state index contributed by atoms with van der Waals surface area (Å²) in [6.45, 7) is 3.97. The Hall–Kier alpha value is -1.81. The lowest BCUT2D eigenvalue weighted by Gasteiger charge is -2.10. The highest BCUT2D eigenvalue weighted by molar-refractivity contribution is 6.30. The first-order chi connectivity index (χ1) is 9.12. The first-order valence-electron chi connectivity index (χ1n) is 6.12. The van der Waals surface area contributed by atoms with Gasteiger partial charge in [-0.25, -0.2) is 4.98 Å². The van der Waals surface area contributed by atoms with E-state index in [4.69, 9.17) is 16.3 Å². The molecule has 0 bridgehead atoms. The average molecular weight is 278 g/mol. The van der Waals surface area contributed by atoms with E-state index >= 15 is 0 Å². The second-order valence-electron chi connectivity index (χ2n) is 4.12. The number of hydrogen-bond acceptors (Lipinski definition) is 4. The molecule has 2 rings (SSSR count). The molecule has 0 aliphatic heterocycles. The molecule has 1 heterocycles. The van der Waals surface area contributed by atoms with Gasteiger partial charge in [-0.1, -0.05) is 24.6 Å². The largest absolute Gasteiger partial charge is 0.439 e. The maximum atomic E-state index is 5.98. The van der Waals surface area contributed by atoms with Crippen LogP contribution in [0, 0.1) is 6.92 Å². The van der Waals surface area contributed by atoms with Gasteiger partial charge in [-0.3, -0.25) is 0 Å². The lowest BCUT2D eigenvalue weighted by atomic mass is 10.2. The van der Waals surface area contributed by atoms with Crippen molar-refractivity contribution in [2.45, 2.75) is 20.3 Å². The van der Waals surface area contributed by atoms with E-state index in [0.717, 1.165) is 23.6 Å². The Morgan fingerprint density at radius 1 is 1.26 bits per heavy atom. The summed E-state index contributed by atoms with van der Waals surface area (Å²) in [4.78, 5) is 8.67. The van der Waals surface area contributed by atoms with Crippen molar-refractivity contribution in [3.05, 3.63) is 40.7 Å². The fourth-order valence-corrected chi connectivity index (χ4v) is 1.77. The standard InChI is InChI=1S/C14H16ClN3O/c1-4-12-17-13(16-3)8-14(18-12)19-11-7-10(15)6-5-9(11)2/h5-8H,4H2,1-3H3,(H,16,17,18). The van der Waals surface area contributed by atoms with Gasteiger partial charge in [0.1, 0.15) is 17.4 Å². The van der Waals surface area contributed by atoms with Crippen molar-refractivity contribution in [3.8, 4) is 11.6 Å². The quantitative estimate of drug-likeness (QED) is 0.922. The number of anilines is 1. The molecule has 1 aromatic carbocycles. The van der Waals surface area contributed by atoms with E-state index < -0.39 is 0 Å². The van der Waals surface area contributed by atoms with E-state index in [1.54, 1.807) is 12.1 Å². The minimum Gasteiger partial charge on any atom is -0.439 e. The summed E-state index contributed by atoms with van der Waals surface area (Å²) in [6, 6.07) is 7.29. The summed E-state index contributed by atoms with van der Waals surface area (Å²) in [5.74, 6) is 2.69. The fourth-order valence-electron chi connectivity index (χ4n) is 1.61. The molecule has 0 saturated heterocycles. The molecule has 4 nitrogen and oxygen atoms in total. The van der Waals surface area contributed by atoms with Gasteiger partial charge in [0.2, 0.25) is 5.88 Å². The van der Waals surface area contributed by atoms with Gasteiger partial charge in [0.05, 0.1) is 0 Å². The van der Waals surface area contributed by atoms with E-state index in [-0.39, 0.29) is 0 Å². The second kappa shape index (κ2) is 5.89. The van der Waals surface area contributed by atoms with Crippen LogP contribution in [0.5, 0.6) is 11.6 Å². The van der Waals surface area contributed by atoms with E-state index in [2.05, 4.69) is 15.3 Å². The number of ether oxygens (including phenoxy) is 1. The molecule has 1 N–H and O–H groups in total. The topological polar surface area (TPSA) is 47.0 Å². The van der Waals surface area contributed by atoms with E-state index in [1.807, 2.05) is 33.0 Å². The van der Waals surface area contributed by atoms with Crippen molar-refractivity contribution in [1.29, 1.82) is 0 Å². The molecule has 0 atom stereocenters. The Morgan fingerprint density at radius 3 is 2.74 bits per heavy atom. The number of hydrogen-bond donors (Lipinski definition) is 1. The van der Waals surface area contributed by atoms with Crippen LogP contribution in [0.25, 0.3) is 0 Å². The zero-order valence-corrected chi connectivity index (χ0v) is 12.0. The van der Waals surface area contributed by atoms with Crippen molar-refractivity contribution < 1.29 is 4.74 Å². The van der Waals surface area contributed by atoms with Gasteiger partial charge in [0.25, 0.3) is 0 Å². The van der Waals surface area contributed by atoms with Gasteiger partial charge in [0.15, 0.2) is 0 Å². The Morgan fingerprint density at radius 2 is 2.05 bits per heavy atom. The zero-order valence-electron chi connectivity index (χ0n) is 11.2. The average Bonchev–Trinajstić information content (AvgIpc) is 2.42. The predicted octanol–water partition coefficient (Wildman–Crippen LogP) is 3.83. The highest BCUT2D eigenvalue weighted by atomic mass is 35.5. The molecule has 1 aromatic heterocycles. The van der Waals surface area contributed by atoms with Crippen molar-refractivity contribution in [1.82, 2.24) is 9.97 Å². The maximum Gasteiger partial charge on any atom is 0.224 e. The molecule has 0 aliphatic rings. The van der Waals surface area contributed by atoms with E-state index in [0.29, 0.717) is 16.7 Å². The maximum absolute atomic E-state index is 5.98. The Bertz CT molecular complexity index is 565. The number of aromatic nitrogens is 2. The molecule has 0 radical (unpaired) electrons. The number of nitrogens with one attached hydrogen (secondary N) is 1. The Balaban J connectivity index is 2.34. The van der Waals surface area contributed by atoms with Crippen LogP contribution >= 0.6 is 11.6 Å². The van der Waals surface area contributed by atoms with Crippen molar-refractivity contribution in [3.63, 3.8) is 0 Å². The summed E-state index contributed by atoms with van der Waals surface area (Å²) >= 11 is 5.98. The Labute approximate surface area is 117 Å². The SMILES string of the molecule is CCc1nc(NC)cc(Oc2cc(Cl)ccc2C)n1. The zero-order chi connectivity index (χ0) is 13.8. The lowest BCUT2D eigenvalue weighted by Crippen LogP contribution is -2.01. The molecule has 0 amide bonds. The van der Waals surface area contributed by atoms with Crippen LogP contribution in [0.15, 0.2) is 24.3 Å². The summed E-state index contributed by atoms with van der Waals surface area (Å²) in [7, 11) is 1.82. The summed E-state index contributed by atoms with van der Waals surface area (Å²) < 4.78 is 5.80. The number of benzene rings is 1. The molecule has 0 aliphatic carbocycles. The van der Waals surface area contributed by atoms with Crippen LogP contribution in [0.2, 0.25) is 5.02 Å². The van der Waals surface area contributed by atoms with Crippen LogP contribution in [-0.4, -0.2) is 17.0 Å². The third-order valence-corrected chi connectivity index (χ3v) is 2.92. The van der Waals surface area contributed by atoms with Crippen LogP contribution in [0.4, 0.5) is 5.82 Å². The first-order valence-corrected chi connectivity index (χ1v) is 6.50. The molecule has 2 aromatic rings. The van der Waals surface area contributed by atoms with Gasteiger partial charge in [0, 0.05) is 24.6 Å². The van der Waals surface area contributed by atoms with Crippen LogP contribution in [-0.2, 0) is 6.42 Å². The monoisotopic (exact) mass is 277 g/mol. The highest BCUT2D eigenvalue weighted by Crippen LogP contribution is 2.27. The summed E-state index contributed by atoms with van der Waals surface area (Å²) in [6.07, 6.45) is 0.750. The van der Waals surface area contributed by atoms with Gasteiger partial charge in [-0.2, -0.15) is 4.98 Å². The van der Waals surface area contributed by atoms with Crippen LogP contribution in [0.3, 0.4) is 0 Å². The number of nitrogens with zero attached hydrogens (tertiary/aromatic N) is 2. The minimum absolute atomic E-state index is 0.515. The number of rotatable bonds is 4. The molecule has 0 spiro atoms. The first kappa shape index (κ1) is 13.6. The van der Waals surface area contributed by atoms with E-state index in [9.17, 15) is 0 Å². The molecule has 0 saturated carbocycles. The smallest absolute Gasteiger partial charge is 0.224 e. The van der Waals surface area contributed by atoms with Gasteiger partial charge in [-0.05, 0) is 24.6 Å². The normalized spacial score (nSPS) is 10.3. The number of halogens is 1. The van der Waals surface area contributed by atoms with Crippen LogP contribution < -0.4 is 10.1 Å². The van der Waals surface area contributed by atoms with Crippen molar-refractivity contribution in [2.75, 3.05) is 12.4 Å². The molecular weight excluding hydrogens is 262 g/mol. The molecule has 5 heteroatoms. The third kappa shape index (κ3) is 3.35. The minimum atomic E-state index is 0.515. The molecular formula is C14H16ClN3O. The van der Waals surface area contributed by atoms with Crippen LogP contribution in [0.1, 0.15) is 18.3 Å². The van der Waals surface area contributed by atoms with Gasteiger partial charge in [-0.15, -0.1) is 0 Å². The fraction of sp³-hybridized carbons (Fsp3) is 0.286. The molecule has 0 unspecified atom stereocenters. The lowest BCUT2D eigenvalue weighted by molar-refractivity contribution is 0.456. The summed E-state index contributed by atoms with van der Waals surface area (Å²) in [5.41, 5.74) is 1.01. The molecule has 100 valence electrons. The van der Waals surface area contributed by atoms with E-state index in [1.165, 1.54) is 0 Å². The molecule has 19 heavy (non-hydrogen) atoms. The predicted molar refractivity (Wildman–Crippen MR) is 77.2 cm³/mol. The Kier molecular flexibility index (Phi) is 4.22. The summed E-state index contributed by atoms with van der Waals surface area (Å²) in [5, 5.41) is 3.63. The highest BCUT2D eigenvalue weighted by Gasteiger charge is 2.07. The second-order valence-corrected chi connectivity index (χ2v) is 4.56.